The third kappa shape index (κ3) is 2.23. The van der Waals surface area contributed by atoms with Gasteiger partial charge in [0.1, 0.15) is 11.7 Å². The molecule has 0 unspecified atom stereocenters. The highest BCUT2D eigenvalue weighted by atomic mass is 32.1. The largest absolute Gasteiger partial charge is 0.238 e. The van der Waals surface area contributed by atoms with E-state index < -0.39 is 0 Å². The second kappa shape index (κ2) is 4.77. The maximum absolute atomic E-state index is 2.40. The van der Waals surface area contributed by atoms with E-state index in [0.717, 1.165) is 5.92 Å². The van der Waals surface area contributed by atoms with E-state index in [1.807, 2.05) is 11.3 Å². The molecule has 0 N–H and O–H groups in total. The van der Waals surface area contributed by atoms with Gasteiger partial charge in [0.2, 0.25) is 10.5 Å². The standard InChI is InChI=1S/C15H20NS/c1-16-13-9-5-6-10-14(13)17-15(16)11-12-7-3-2-4-8-12/h5-6,9-10,12H,2-4,7-8,11H2,1H3/q+1. The van der Waals surface area contributed by atoms with Gasteiger partial charge in [0.25, 0.3) is 0 Å². The van der Waals surface area contributed by atoms with Crippen molar-refractivity contribution < 1.29 is 4.57 Å². The van der Waals surface area contributed by atoms with Crippen LogP contribution >= 0.6 is 11.3 Å². The number of benzene rings is 1. The fraction of sp³-hybridized carbons (Fsp3) is 0.533. The lowest BCUT2D eigenvalue weighted by molar-refractivity contribution is -0.648. The second-order valence-electron chi connectivity index (χ2n) is 5.23. The fourth-order valence-corrected chi connectivity index (χ4v) is 4.23. The summed E-state index contributed by atoms with van der Waals surface area (Å²) >= 11 is 1.98. The Morgan fingerprint density at radius 3 is 2.71 bits per heavy atom. The molecular formula is C15H20NS+. The maximum Gasteiger partial charge on any atom is 0.238 e. The zero-order chi connectivity index (χ0) is 11.7. The Balaban J connectivity index is 1.87. The third-order valence-electron chi connectivity index (χ3n) is 4.02. The van der Waals surface area contributed by atoms with Crippen LogP contribution < -0.4 is 4.57 Å². The summed E-state index contributed by atoms with van der Waals surface area (Å²) in [6.45, 7) is 0. The molecule has 2 heteroatoms. The van der Waals surface area contributed by atoms with Crippen LogP contribution in [0.15, 0.2) is 24.3 Å². The van der Waals surface area contributed by atoms with Crippen molar-refractivity contribution >= 4 is 21.6 Å². The van der Waals surface area contributed by atoms with Gasteiger partial charge in [0, 0.05) is 12.5 Å². The summed E-state index contributed by atoms with van der Waals surface area (Å²) in [6, 6.07) is 8.75. The van der Waals surface area contributed by atoms with Crippen molar-refractivity contribution in [2.45, 2.75) is 38.5 Å². The van der Waals surface area contributed by atoms with Crippen molar-refractivity contribution in [3.05, 3.63) is 29.3 Å². The molecule has 0 spiro atoms. The maximum atomic E-state index is 2.40. The number of aryl methyl sites for hydroxylation is 1. The molecule has 1 aliphatic carbocycles. The Bertz CT molecular complexity index is 509. The summed E-state index contributed by atoms with van der Waals surface area (Å²) < 4.78 is 3.83. The summed E-state index contributed by atoms with van der Waals surface area (Å²) in [4.78, 5) is 0. The Kier molecular flexibility index (Phi) is 3.15. The molecule has 1 fully saturated rings. The number of thiazole rings is 1. The second-order valence-corrected chi connectivity index (χ2v) is 6.35. The van der Waals surface area contributed by atoms with E-state index in [0.29, 0.717) is 0 Å². The monoisotopic (exact) mass is 246 g/mol. The molecule has 3 rings (SSSR count). The van der Waals surface area contributed by atoms with Crippen LogP contribution in [0, 0.1) is 5.92 Å². The van der Waals surface area contributed by atoms with E-state index in [1.165, 1.54) is 48.7 Å². The van der Waals surface area contributed by atoms with E-state index in [1.54, 1.807) is 5.01 Å². The zero-order valence-electron chi connectivity index (χ0n) is 10.5. The molecule has 2 aromatic rings. The fourth-order valence-electron chi connectivity index (χ4n) is 2.97. The van der Waals surface area contributed by atoms with Crippen molar-refractivity contribution in [1.29, 1.82) is 0 Å². The van der Waals surface area contributed by atoms with E-state index in [2.05, 4.69) is 35.9 Å². The zero-order valence-corrected chi connectivity index (χ0v) is 11.3. The molecule has 1 aromatic heterocycles. The first-order valence-electron chi connectivity index (χ1n) is 6.71. The van der Waals surface area contributed by atoms with E-state index in [9.17, 15) is 0 Å². The van der Waals surface area contributed by atoms with Crippen molar-refractivity contribution in [2.75, 3.05) is 0 Å². The highest BCUT2D eigenvalue weighted by molar-refractivity contribution is 7.18. The summed E-state index contributed by atoms with van der Waals surface area (Å²) in [5.74, 6) is 0.933. The smallest absolute Gasteiger partial charge is 0.189 e. The van der Waals surface area contributed by atoms with Crippen LogP contribution in [0.4, 0.5) is 0 Å². The minimum absolute atomic E-state index is 0.933. The van der Waals surface area contributed by atoms with Crippen LogP contribution in [0.3, 0.4) is 0 Å². The lowest BCUT2D eigenvalue weighted by Gasteiger charge is -2.19. The molecule has 0 amide bonds. The van der Waals surface area contributed by atoms with E-state index >= 15 is 0 Å². The Morgan fingerprint density at radius 2 is 1.94 bits per heavy atom. The highest BCUT2D eigenvalue weighted by Crippen LogP contribution is 2.29. The molecule has 90 valence electrons. The lowest BCUT2D eigenvalue weighted by Crippen LogP contribution is -2.32. The van der Waals surface area contributed by atoms with Gasteiger partial charge in [-0.1, -0.05) is 42.7 Å². The number of nitrogens with zero attached hydrogens (tertiary/aromatic N) is 1. The summed E-state index contributed by atoms with van der Waals surface area (Å²) in [6.07, 6.45) is 8.51. The molecule has 0 radical (unpaired) electrons. The first-order valence-corrected chi connectivity index (χ1v) is 7.52. The number of fused-ring (bicyclic) bond motifs is 1. The third-order valence-corrected chi connectivity index (χ3v) is 5.26. The quantitative estimate of drug-likeness (QED) is 0.709. The van der Waals surface area contributed by atoms with E-state index in [-0.39, 0.29) is 0 Å². The summed E-state index contributed by atoms with van der Waals surface area (Å²) in [7, 11) is 2.22. The summed E-state index contributed by atoms with van der Waals surface area (Å²) in [5, 5.41) is 1.55. The minimum atomic E-state index is 0.933. The van der Waals surface area contributed by atoms with Crippen LogP contribution in [0.2, 0.25) is 0 Å². The first-order chi connectivity index (χ1) is 8.34. The number of aromatic nitrogens is 1. The predicted molar refractivity (Wildman–Crippen MR) is 73.3 cm³/mol. The van der Waals surface area contributed by atoms with Crippen LogP contribution in [-0.2, 0) is 13.5 Å². The Labute approximate surface area is 107 Å². The van der Waals surface area contributed by atoms with Gasteiger partial charge in [-0.15, -0.1) is 0 Å². The molecule has 1 nitrogen and oxygen atoms in total. The molecule has 1 heterocycles. The van der Waals surface area contributed by atoms with Crippen LogP contribution in [0.25, 0.3) is 10.2 Å². The van der Waals surface area contributed by atoms with Gasteiger partial charge < -0.3 is 0 Å². The van der Waals surface area contributed by atoms with Gasteiger partial charge in [0.05, 0.1) is 0 Å². The topological polar surface area (TPSA) is 3.88 Å². The van der Waals surface area contributed by atoms with Gasteiger partial charge in [-0.25, -0.2) is 0 Å². The van der Waals surface area contributed by atoms with Gasteiger partial charge in [-0.05, 0) is 24.8 Å². The minimum Gasteiger partial charge on any atom is -0.189 e. The van der Waals surface area contributed by atoms with E-state index in [4.69, 9.17) is 0 Å². The normalized spacial score (nSPS) is 17.7. The van der Waals surface area contributed by atoms with Gasteiger partial charge in [-0.3, -0.25) is 0 Å². The number of rotatable bonds is 2. The molecule has 1 aliphatic rings. The molecule has 0 saturated heterocycles. The van der Waals surface area contributed by atoms with Crippen molar-refractivity contribution in [1.82, 2.24) is 0 Å². The average molecular weight is 246 g/mol. The molecule has 1 aromatic carbocycles. The van der Waals surface area contributed by atoms with Gasteiger partial charge in [0.15, 0.2) is 0 Å². The van der Waals surface area contributed by atoms with Crippen LogP contribution in [0.1, 0.15) is 37.1 Å². The van der Waals surface area contributed by atoms with Crippen molar-refractivity contribution in [3.8, 4) is 0 Å². The molecular weight excluding hydrogens is 226 g/mol. The SMILES string of the molecule is C[n+]1c(CC2CCCCC2)sc2ccccc21. The van der Waals surface area contributed by atoms with Crippen LogP contribution in [-0.4, -0.2) is 0 Å². The van der Waals surface area contributed by atoms with Crippen molar-refractivity contribution in [3.63, 3.8) is 0 Å². The lowest BCUT2D eigenvalue weighted by atomic mass is 9.87. The number of para-hydroxylation sites is 1. The average Bonchev–Trinajstić information content (AvgIpc) is 2.68. The van der Waals surface area contributed by atoms with Crippen LogP contribution in [0.5, 0.6) is 0 Å². The van der Waals surface area contributed by atoms with Crippen molar-refractivity contribution in [2.24, 2.45) is 13.0 Å². The Morgan fingerprint density at radius 1 is 1.18 bits per heavy atom. The number of hydrogen-bond donors (Lipinski definition) is 0. The van der Waals surface area contributed by atoms with Gasteiger partial charge in [-0.2, -0.15) is 4.57 Å². The molecule has 0 atom stereocenters. The highest BCUT2D eigenvalue weighted by Gasteiger charge is 2.22. The first kappa shape index (κ1) is 11.2. The predicted octanol–water partition coefficient (Wildman–Crippen LogP) is 3.85. The molecule has 1 saturated carbocycles. The summed E-state index contributed by atoms with van der Waals surface area (Å²) in [5.41, 5.74) is 1.39. The molecule has 17 heavy (non-hydrogen) atoms. The number of hydrogen-bond acceptors (Lipinski definition) is 1. The molecule has 0 bridgehead atoms. The molecule has 0 aliphatic heterocycles. The van der Waals surface area contributed by atoms with Gasteiger partial charge >= 0.3 is 0 Å². The Hall–Kier alpha value is -0.890.